The molecule has 1 rings (SSSR count). The predicted molar refractivity (Wildman–Crippen MR) is 61.0 cm³/mol. The van der Waals surface area contributed by atoms with Gasteiger partial charge in [0.2, 0.25) is 0 Å². The molecule has 0 radical (unpaired) electrons. The Morgan fingerprint density at radius 3 is 2.64 bits per heavy atom. The Balaban J connectivity index is 2.87. The smallest absolute Gasteiger partial charge is 0.0431 e. The lowest BCUT2D eigenvalue weighted by Crippen LogP contribution is -2.16. The molecule has 74 valence electrons. The van der Waals surface area contributed by atoms with Crippen molar-refractivity contribution in [1.29, 1.82) is 0 Å². The van der Waals surface area contributed by atoms with Crippen LogP contribution in [0, 0.1) is 18.8 Å². The highest BCUT2D eigenvalue weighted by molar-refractivity contribution is 5.29. The topological polar surface area (TPSA) is 12.0 Å². The van der Waals surface area contributed by atoms with Gasteiger partial charge < -0.3 is 5.32 Å². The summed E-state index contributed by atoms with van der Waals surface area (Å²) in [6.07, 6.45) is 0.873. The van der Waals surface area contributed by atoms with Gasteiger partial charge in [0.15, 0.2) is 0 Å². The van der Waals surface area contributed by atoms with E-state index in [0.29, 0.717) is 6.04 Å². The van der Waals surface area contributed by atoms with E-state index in [1.807, 2.05) is 14.0 Å². The molecule has 0 amide bonds. The van der Waals surface area contributed by atoms with Crippen LogP contribution in [0.15, 0.2) is 24.3 Å². The van der Waals surface area contributed by atoms with E-state index in [4.69, 9.17) is 0 Å². The molecule has 1 aromatic rings. The second-order valence-corrected chi connectivity index (χ2v) is 3.33. The fourth-order valence-corrected chi connectivity index (χ4v) is 1.55. The molecule has 1 atom stereocenters. The third kappa shape index (κ3) is 2.61. The van der Waals surface area contributed by atoms with Gasteiger partial charge in [0.1, 0.15) is 0 Å². The maximum Gasteiger partial charge on any atom is 0.0431 e. The van der Waals surface area contributed by atoms with E-state index >= 15 is 0 Å². The van der Waals surface area contributed by atoms with Crippen LogP contribution in [0.3, 0.4) is 0 Å². The molecular formula is C13H17N. The second kappa shape index (κ2) is 5.47. The molecule has 14 heavy (non-hydrogen) atoms. The van der Waals surface area contributed by atoms with Crippen LogP contribution >= 0.6 is 0 Å². The summed E-state index contributed by atoms with van der Waals surface area (Å²) in [6.45, 7) is 4.02. The Kier molecular flexibility index (Phi) is 4.22. The standard InChI is InChI=1S/C13H17N/c1-4-5-10-13(14-3)12-9-7-6-8-11(12)2/h6-9,13-14H,10H2,1-3H3. The summed E-state index contributed by atoms with van der Waals surface area (Å²) >= 11 is 0. The summed E-state index contributed by atoms with van der Waals surface area (Å²) in [5.41, 5.74) is 2.67. The first-order chi connectivity index (χ1) is 6.79. The molecule has 1 heteroatoms. The molecule has 1 aromatic carbocycles. The van der Waals surface area contributed by atoms with Crippen LogP contribution in [-0.2, 0) is 0 Å². The monoisotopic (exact) mass is 187 g/mol. The Hall–Kier alpha value is -1.26. The van der Waals surface area contributed by atoms with Crippen molar-refractivity contribution in [2.75, 3.05) is 7.05 Å². The van der Waals surface area contributed by atoms with Gasteiger partial charge in [0.25, 0.3) is 0 Å². The molecule has 0 aliphatic rings. The quantitative estimate of drug-likeness (QED) is 0.717. The van der Waals surface area contributed by atoms with E-state index in [1.165, 1.54) is 11.1 Å². The Morgan fingerprint density at radius 1 is 1.36 bits per heavy atom. The van der Waals surface area contributed by atoms with Crippen molar-refractivity contribution in [2.45, 2.75) is 26.3 Å². The van der Waals surface area contributed by atoms with E-state index in [2.05, 4.69) is 48.3 Å². The Bertz CT molecular complexity index is 344. The zero-order chi connectivity index (χ0) is 10.4. The second-order valence-electron chi connectivity index (χ2n) is 3.33. The van der Waals surface area contributed by atoms with Crippen molar-refractivity contribution in [1.82, 2.24) is 5.32 Å². The van der Waals surface area contributed by atoms with E-state index in [0.717, 1.165) is 6.42 Å². The van der Waals surface area contributed by atoms with Crippen LogP contribution in [0.5, 0.6) is 0 Å². The normalized spacial score (nSPS) is 11.6. The minimum atomic E-state index is 0.351. The SMILES string of the molecule is CC#CCC(NC)c1ccccc1C. The van der Waals surface area contributed by atoms with Gasteiger partial charge in [0, 0.05) is 12.5 Å². The zero-order valence-corrected chi connectivity index (χ0v) is 9.09. The van der Waals surface area contributed by atoms with Crippen molar-refractivity contribution in [3.63, 3.8) is 0 Å². The molecule has 0 heterocycles. The lowest BCUT2D eigenvalue weighted by molar-refractivity contribution is 0.608. The third-order valence-corrected chi connectivity index (χ3v) is 2.40. The van der Waals surface area contributed by atoms with Gasteiger partial charge in [-0.25, -0.2) is 0 Å². The Labute approximate surface area is 86.5 Å². The van der Waals surface area contributed by atoms with Crippen LogP contribution in [0.2, 0.25) is 0 Å². The lowest BCUT2D eigenvalue weighted by Gasteiger charge is -2.15. The Morgan fingerprint density at radius 2 is 2.07 bits per heavy atom. The largest absolute Gasteiger partial charge is 0.312 e. The number of hydrogen-bond donors (Lipinski definition) is 1. The van der Waals surface area contributed by atoms with Gasteiger partial charge in [-0.1, -0.05) is 24.3 Å². The van der Waals surface area contributed by atoms with E-state index in [9.17, 15) is 0 Å². The summed E-state index contributed by atoms with van der Waals surface area (Å²) in [5, 5.41) is 3.29. The van der Waals surface area contributed by atoms with Crippen molar-refractivity contribution in [3.05, 3.63) is 35.4 Å². The maximum atomic E-state index is 3.29. The molecule has 0 aliphatic carbocycles. The van der Waals surface area contributed by atoms with E-state index in [-0.39, 0.29) is 0 Å². The van der Waals surface area contributed by atoms with Crippen LogP contribution in [-0.4, -0.2) is 7.05 Å². The fourth-order valence-electron chi connectivity index (χ4n) is 1.55. The number of aryl methyl sites for hydroxylation is 1. The van der Waals surface area contributed by atoms with E-state index < -0.39 is 0 Å². The average molecular weight is 187 g/mol. The molecule has 1 nitrogen and oxygen atoms in total. The lowest BCUT2D eigenvalue weighted by atomic mass is 9.99. The van der Waals surface area contributed by atoms with Crippen molar-refractivity contribution >= 4 is 0 Å². The molecule has 0 bridgehead atoms. The van der Waals surface area contributed by atoms with Crippen LogP contribution in [0.1, 0.15) is 30.5 Å². The van der Waals surface area contributed by atoms with Gasteiger partial charge >= 0.3 is 0 Å². The minimum absolute atomic E-state index is 0.351. The number of benzene rings is 1. The first kappa shape index (κ1) is 10.8. The van der Waals surface area contributed by atoms with Crippen LogP contribution < -0.4 is 5.32 Å². The van der Waals surface area contributed by atoms with Crippen molar-refractivity contribution in [2.24, 2.45) is 0 Å². The third-order valence-electron chi connectivity index (χ3n) is 2.40. The van der Waals surface area contributed by atoms with Crippen LogP contribution in [0.4, 0.5) is 0 Å². The minimum Gasteiger partial charge on any atom is -0.312 e. The fraction of sp³-hybridized carbons (Fsp3) is 0.385. The summed E-state index contributed by atoms with van der Waals surface area (Å²) in [5.74, 6) is 6.04. The maximum absolute atomic E-state index is 3.29. The van der Waals surface area contributed by atoms with Gasteiger partial charge in [-0.15, -0.1) is 11.8 Å². The molecule has 1 unspecified atom stereocenters. The van der Waals surface area contributed by atoms with Crippen molar-refractivity contribution < 1.29 is 0 Å². The highest BCUT2D eigenvalue weighted by atomic mass is 14.9. The molecule has 1 N–H and O–H groups in total. The molecule has 0 spiro atoms. The van der Waals surface area contributed by atoms with Gasteiger partial charge in [-0.2, -0.15) is 0 Å². The predicted octanol–water partition coefficient (Wildman–Crippen LogP) is 2.67. The number of hydrogen-bond acceptors (Lipinski definition) is 1. The number of rotatable bonds is 3. The zero-order valence-electron chi connectivity index (χ0n) is 9.09. The highest BCUT2D eigenvalue weighted by Crippen LogP contribution is 2.19. The molecule has 0 aliphatic heterocycles. The molecule has 0 saturated carbocycles. The highest BCUT2D eigenvalue weighted by Gasteiger charge is 2.08. The molecular weight excluding hydrogens is 170 g/mol. The van der Waals surface area contributed by atoms with Gasteiger partial charge in [0.05, 0.1) is 0 Å². The first-order valence-corrected chi connectivity index (χ1v) is 4.92. The first-order valence-electron chi connectivity index (χ1n) is 4.92. The average Bonchev–Trinajstić information content (AvgIpc) is 2.21. The van der Waals surface area contributed by atoms with Gasteiger partial charge in [-0.05, 0) is 32.0 Å². The van der Waals surface area contributed by atoms with E-state index in [1.54, 1.807) is 0 Å². The van der Waals surface area contributed by atoms with Crippen LogP contribution in [0.25, 0.3) is 0 Å². The molecule has 0 aromatic heterocycles. The molecule has 0 fully saturated rings. The summed E-state index contributed by atoms with van der Waals surface area (Å²) in [7, 11) is 1.98. The number of nitrogens with one attached hydrogen (secondary N) is 1. The van der Waals surface area contributed by atoms with Gasteiger partial charge in [-0.3, -0.25) is 0 Å². The van der Waals surface area contributed by atoms with Crippen molar-refractivity contribution in [3.8, 4) is 11.8 Å². The summed E-state index contributed by atoms with van der Waals surface area (Å²) < 4.78 is 0. The molecule has 0 saturated heterocycles. The summed E-state index contributed by atoms with van der Waals surface area (Å²) in [4.78, 5) is 0. The summed E-state index contributed by atoms with van der Waals surface area (Å²) in [6, 6.07) is 8.79.